The van der Waals surface area contributed by atoms with Crippen molar-refractivity contribution in [3.05, 3.63) is 58.7 Å². The summed E-state index contributed by atoms with van der Waals surface area (Å²) in [7, 11) is 0. The van der Waals surface area contributed by atoms with Gasteiger partial charge in [-0.2, -0.15) is 0 Å². The van der Waals surface area contributed by atoms with E-state index in [2.05, 4.69) is 33.6 Å². The van der Waals surface area contributed by atoms with Crippen molar-refractivity contribution in [2.75, 3.05) is 0 Å². The molecule has 0 amide bonds. The third-order valence-corrected chi connectivity index (χ3v) is 4.28. The van der Waals surface area contributed by atoms with Gasteiger partial charge in [0, 0.05) is 29.2 Å². The molecule has 110 valence electrons. The number of hydrogen-bond acceptors (Lipinski definition) is 4. The Bertz CT molecular complexity index is 618. The Labute approximate surface area is 125 Å². The largest absolute Gasteiger partial charge is 0.271 e. The summed E-state index contributed by atoms with van der Waals surface area (Å²) in [5.41, 5.74) is 8.83. The van der Waals surface area contributed by atoms with Gasteiger partial charge in [-0.15, -0.1) is 0 Å². The number of hydrogen-bond donors (Lipinski definition) is 2. The minimum atomic E-state index is 0.0827. The van der Waals surface area contributed by atoms with Gasteiger partial charge < -0.3 is 0 Å². The Balaban J connectivity index is 2.01. The molecule has 0 aliphatic heterocycles. The van der Waals surface area contributed by atoms with E-state index in [9.17, 15) is 0 Å². The molecule has 2 aromatic heterocycles. The zero-order chi connectivity index (χ0) is 14.8. The summed E-state index contributed by atoms with van der Waals surface area (Å²) in [5.74, 6) is 6.22. The summed E-state index contributed by atoms with van der Waals surface area (Å²) in [6.07, 6.45) is 5.29. The maximum absolute atomic E-state index is 5.89. The SMILES string of the molecule is Cc1cc(C(NN)C2CCCc3cccnc32)cc(C)n1. The predicted octanol–water partition coefficient (Wildman–Crippen LogP) is 2.72. The molecule has 0 bridgehead atoms. The van der Waals surface area contributed by atoms with E-state index in [1.54, 1.807) is 0 Å². The molecule has 0 fully saturated rings. The van der Waals surface area contributed by atoms with E-state index in [1.807, 2.05) is 26.1 Å². The minimum Gasteiger partial charge on any atom is -0.271 e. The number of fused-ring (bicyclic) bond motifs is 1. The van der Waals surface area contributed by atoms with Crippen LogP contribution < -0.4 is 11.3 Å². The molecule has 4 nitrogen and oxygen atoms in total. The first-order valence-electron chi connectivity index (χ1n) is 7.54. The van der Waals surface area contributed by atoms with Gasteiger partial charge in [0.15, 0.2) is 0 Å². The van der Waals surface area contributed by atoms with Crippen molar-refractivity contribution >= 4 is 0 Å². The standard InChI is InChI=1S/C17H22N4/c1-11-9-14(10-12(2)20-11)17(21-18)15-7-3-5-13-6-4-8-19-16(13)15/h4,6,8-10,15,17,21H,3,5,7,18H2,1-2H3. The van der Waals surface area contributed by atoms with Crippen LogP contribution in [-0.4, -0.2) is 9.97 Å². The Morgan fingerprint density at radius 2 is 2.05 bits per heavy atom. The van der Waals surface area contributed by atoms with E-state index in [0.717, 1.165) is 24.2 Å². The first-order valence-corrected chi connectivity index (χ1v) is 7.54. The predicted molar refractivity (Wildman–Crippen MR) is 83.7 cm³/mol. The molecule has 2 atom stereocenters. The number of aryl methyl sites for hydroxylation is 3. The number of hydrazine groups is 1. The molecule has 0 saturated heterocycles. The van der Waals surface area contributed by atoms with Crippen molar-refractivity contribution in [2.45, 2.75) is 45.1 Å². The quantitative estimate of drug-likeness (QED) is 0.671. The van der Waals surface area contributed by atoms with Gasteiger partial charge in [0.25, 0.3) is 0 Å². The van der Waals surface area contributed by atoms with Crippen LogP contribution in [0.25, 0.3) is 0 Å². The third-order valence-electron chi connectivity index (χ3n) is 4.28. The van der Waals surface area contributed by atoms with Crippen LogP contribution in [0.15, 0.2) is 30.5 Å². The van der Waals surface area contributed by atoms with Crippen molar-refractivity contribution in [1.82, 2.24) is 15.4 Å². The molecule has 0 radical (unpaired) electrons. The van der Waals surface area contributed by atoms with Crippen molar-refractivity contribution in [3.63, 3.8) is 0 Å². The summed E-state index contributed by atoms with van der Waals surface area (Å²) in [6, 6.07) is 8.53. The van der Waals surface area contributed by atoms with E-state index in [-0.39, 0.29) is 6.04 Å². The molecule has 3 N–H and O–H groups in total. The van der Waals surface area contributed by atoms with Crippen LogP contribution in [0.3, 0.4) is 0 Å². The summed E-state index contributed by atoms with van der Waals surface area (Å²) in [5, 5.41) is 0. The Morgan fingerprint density at radius 1 is 1.29 bits per heavy atom. The molecule has 2 heterocycles. The molecule has 2 aromatic rings. The van der Waals surface area contributed by atoms with E-state index >= 15 is 0 Å². The maximum Gasteiger partial charge on any atom is 0.0545 e. The fourth-order valence-corrected chi connectivity index (χ4v) is 3.46. The van der Waals surface area contributed by atoms with Gasteiger partial charge >= 0.3 is 0 Å². The van der Waals surface area contributed by atoms with E-state index in [4.69, 9.17) is 5.84 Å². The van der Waals surface area contributed by atoms with Crippen molar-refractivity contribution in [3.8, 4) is 0 Å². The molecular weight excluding hydrogens is 260 g/mol. The summed E-state index contributed by atoms with van der Waals surface area (Å²) in [6.45, 7) is 4.05. The lowest BCUT2D eigenvalue weighted by atomic mass is 9.80. The summed E-state index contributed by atoms with van der Waals surface area (Å²) in [4.78, 5) is 9.08. The fourth-order valence-electron chi connectivity index (χ4n) is 3.46. The second-order valence-corrected chi connectivity index (χ2v) is 5.87. The highest BCUT2D eigenvalue weighted by Gasteiger charge is 2.29. The van der Waals surface area contributed by atoms with Crippen LogP contribution in [0.5, 0.6) is 0 Å². The average Bonchev–Trinajstić information content (AvgIpc) is 2.47. The molecule has 4 heteroatoms. The highest BCUT2D eigenvalue weighted by atomic mass is 15.2. The zero-order valence-electron chi connectivity index (χ0n) is 12.6. The minimum absolute atomic E-state index is 0.0827. The molecule has 3 rings (SSSR count). The molecule has 1 aliphatic carbocycles. The zero-order valence-corrected chi connectivity index (χ0v) is 12.6. The number of nitrogens with two attached hydrogens (primary N) is 1. The first-order chi connectivity index (χ1) is 10.2. The third kappa shape index (κ3) is 2.82. The van der Waals surface area contributed by atoms with Crippen LogP contribution in [-0.2, 0) is 6.42 Å². The number of rotatable bonds is 3. The van der Waals surface area contributed by atoms with E-state index in [0.29, 0.717) is 5.92 Å². The van der Waals surface area contributed by atoms with Gasteiger partial charge in [-0.1, -0.05) is 6.07 Å². The van der Waals surface area contributed by atoms with Gasteiger partial charge in [0.2, 0.25) is 0 Å². The highest BCUT2D eigenvalue weighted by Crippen LogP contribution is 2.38. The second-order valence-electron chi connectivity index (χ2n) is 5.87. The Hall–Kier alpha value is -1.78. The van der Waals surface area contributed by atoms with Crippen LogP contribution in [0.1, 0.15) is 53.0 Å². The number of aromatic nitrogens is 2. The molecule has 1 aliphatic rings. The molecular formula is C17H22N4. The monoisotopic (exact) mass is 282 g/mol. The fraction of sp³-hybridized carbons (Fsp3) is 0.412. The Kier molecular flexibility index (Phi) is 3.99. The van der Waals surface area contributed by atoms with Crippen LogP contribution >= 0.6 is 0 Å². The normalized spacial score (nSPS) is 19.1. The van der Waals surface area contributed by atoms with Crippen molar-refractivity contribution in [2.24, 2.45) is 5.84 Å². The van der Waals surface area contributed by atoms with Crippen molar-refractivity contribution < 1.29 is 0 Å². The number of nitrogens with one attached hydrogen (secondary N) is 1. The smallest absolute Gasteiger partial charge is 0.0545 e. The molecule has 0 spiro atoms. The van der Waals surface area contributed by atoms with Crippen LogP contribution in [0.2, 0.25) is 0 Å². The summed E-state index contributed by atoms with van der Waals surface area (Å²) >= 11 is 0. The summed E-state index contributed by atoms with van der Waals surface area (Å²) < 4.78 is 0. The van der Waals surface area contributed by atoms with Crippen LogP contribution in [0, 0.1) is 13.8 Å². The second kappa shape index (κ2) is 5.92. The van der Waals surface area contributed by atoms with Crippen molar-refractivity contribution in [1.29, 1.82) is 0 Å². The van der Waals surface area contributed by atoms with Gasteiger partial charge in [-0.3, -0.25) is 21.2 Å². The van der Waals surface area contributed by atoms with Gasteiger partial charge in [0.05, 0.1) is 6.04 Å². The molecule has 21 heavy (non-hydrogen) atoms. The van der Waals surface area contributed by atoms with Crippen LogP contribution in [0.4, 0.5) is 0 Å². The number of nitrogens with zero attached hydrogens (tertiary/aromatic N) is 2. The van der Waals surface area contributed by atoms with Gasteiger partial charge in [0.1, 0.15) is 0 Å². The lowest BCUT2D eigenvalue weighted by molar-refractivity contribution is 0.399. The topological polar surface area (TPSA) is 63.8 Å². The Morgan fingerprint density at radius 3 is 2.76 bits per heavy atom. The maximum atomic E-state index is 5.89. The number of pyridine rings is 2. The van der Waals surface area contributed by atoms with Gasteiger partial charge in [-0.05, 0) is 62.4 Å². The lowest BCUT2D eigenvalue weighted by Gasteiger charge is -2.31. The lowest BCUT2D eigenvalue weighted by Crippen LogP contribution is -2.34. The van der Waals surface area contributed by atoms with Gasteiger partial charge in [-0.25, -0.2) is 0 Å². The van der Waals surface area contributed by atoms with E-state index < -0.39 is 0 Å². The highest BCUT2D eigenvalue weighted by molar-refractivity contribution is 5.32. The molecule has 0 aromatic carbocycles. The first kappa shape index (κ1) is 14.2. The van der Waals surface area contributed by atoms with E-state index in [1.165, 1.54) is 23.2 Å². The average molecular weight is 282 g/mol. The molecule has 2 unspecified atom stereocenters. The molecule has 0 saturated carbocycles.